The van der Waals surface area contributed by atoms with Gasteiger partial charge in [-0.1, -0.05) is 26.0 Å². The van der Waals surface area contributed by atoms with Gasteiger partial charge in [-0.05, 0) is 43.9 Å². The van der Waals surface area contributed by atoms with Crippen LogP contribution in [0.3, 0.4) is 0 Å². The second kappa shape index (κ2) is 7.12. The first-order valence-electron chi connectivity index (χ1n) is 8.79. The minimum absolute atomic E-state index is 0.0111. The number of aromatic nitrogens is 2. The van der Waals surface area contributed by atoms with Gasteiger partial charge in [-0.15, -0.1) is 0 Å². The van der Waals surface area contributed by atoms with Crippen LogP contribution in [0, 0.1) is 19.8 Å². The fraction of sp³-hybridized carbons (Fsp3) is 0.474. The fourth-order valence-corrected chi connectivity index (χ4v) is 4.54. The largest absolute Gasteiger partial charge is 0.310 e. The maximum atomic E-state index is 12.7. The Kier molecular flexibility index (Phi) is 5.08. The zero-order valence-electron chi connectivity index (χ0n) is 15.3. The molecule has 3 rings (SSSR count). The van der Waals surface area contributed by atoms with Gasteiger partial charge in [0.05, 0.1) is 22.9 Å². The van der Waals surface area contributed by atoms with Crippen molar-refractivity contribution in [2.45, 2.75) is 52.0 Å². The van der Waals surface area contributed by atoms with Crippen LogP contribution in [-0.4, -0.2) is 19.9 Å². The summed E-state index contributed by atoms with van der Waals surface area (Å²) < 4.78 is 13.8. The Balaban J connectivity index is 2.08. The molecule has 0 bridgehead atoms. The highest BCUT2D eigenvalue weighted by molar-refractivity contribution is 7.83. The van der Waals surface area contributed by atoms with Crippen molar-refractivity contribution in [1.82, 2.24) is 9.78 Å². The molecule has 1 N–H and O–H groups in total. The van der Waals surface area contributed by atoms with Gasteiger partial charge in [0.2, 0.25) is 5.91 Å². The predicted octanol–water partition coefficient (Wildman–Crippen LogP) is 3.63. The van der Waals surface area contributed by atoms with Crippen LogP contribution >= 0.6 is 0 Å². The third-order valence-electron chi connectivity index (χ3n) is 5.07. The first-order valence-corrected chi connectivity index (χ1v) is 10.3. The molecule has 1 amide bonds. The van der Waals surface area contributed by atoms with Crippen molar-refractivity contribution in [2.24, 2.45) is 5.92 Å². The molecule has 2 heterocycles. The Hall–Kier alpha value is -1.95. The molecule has 0 saturated carbocycles. The van der Waals surface area contributed by atoms with Crippen LogP contribution in [0.1, 0.15) is 49.1 Å². The maximum Gasteiger partial charge on any atom is 0.228 e. The van der Waals surface area contributed by atoms with E-state index in [0.717, 1.165) is 35.3 Å². The zero-order chi connectivity index (χ0) is 18.1. The lowest BCUT2D eigenvalue weighted by atomic mass is 10.0. The van der Waals surface area contributed by atoms with Crippen molar-refractivity contribution in [2.75, 3.05) is 5.32 Å². The summed E-state index contributed by atoms with van der Waals surface area (Å²) >= 11 is 0. The molecule has 0 spiro atoms. The highest BCUT2D eigenvalue weighted by Crippen LogP contribution is 2.33. The quantitative estimate of drug-likeness (QED) is 0.887. The third-order valence-corrected chi connectivity index (χ3v) is 6.28. The van der Waals surface area contributed by atoms with Crippen LogP contribution in [0.25, 0.3) is 5.69 Å². The molecule has 5 nitrogen and oxygen atoms in total. The molecule has 0 saturated heterocycles. The van der Waals surface area contributed by atoms with E-state index in [1.165, 1.54) is 5.56 Å². The molecule has 1 unspecified atom stereocenters. The van der Waals surface area contributed by atoms with Crippen LogP contribution in [0.15, 0.2) is 18.2 Å². The SMILES string of the molecule is CCC(CC)C(=O)Nc1c2c(nn1-c1cccc(C)c1C)CS(=O)C2. The Morgan fingerprint density at radius 3 is 2.68 bits per heavy atom. The van der Waals surface area contributed by atoms with E-state index in [-0.39, 0.29) is 11.8 Å². The summed E-state index contributed by atoms with van der Waals surface area (Å²) in [6, 6.07) is 6.07. The second-order valence-electron chi connectivity index (χ2n) is 6.64. The molecule has 1 atom stereocenters. The van der Waals surface area contributed by atoms with Gasteiger partial charge < -0.3 is 5.32 Å². The lowest BCUT2D eigenvalue weighted by Gasteiger charge is -2.17. The summed E-state index contributed by atoms with van der Waals surface area (Å²) in [6.07, 6.45) is 1.60. The van der Waals surface area contributed by atoms with Gasteiger partial charge in [-0.3, -0.25) is 9.00 Å². The number of rotatable bonds is 5. The lowest BCUT2D eigenvalue weighted by Crippen LogP contribution is -2.24. The monoisotopic (exact) mass is 359 g/mol. The molecule has 25 heavy (non-hydrogen) atoms. The maximum absolute atomic E-state index is 12.7. The topological polar surface area (TPSA) is 64.0 Å². The van der Waals surface area contributed by atoms with Gasteiger partial charge in [-0.2, -0.15) is 5.10 Å². The van der Waals surface area contributed by atoms with E-state index in [1.807, 2.05) is 30.7 Å². The van der Waals surface area contributed by atoms with E-state index in [4.69, 9.17) is 0 Å². The third kappa shape index (κ3) is 3.27. The number of fused-ring (bicyclic) bond motifs is 1. The van der Waals surface area contributed by atoms with Gasteiger partial charge in [0.15, 0.2) is 0 Å². The van der Waals surface area contributed by atoms with Gasteiger partial charge in [0.25, 0.3) is 0 Å². The fourth-order valence-electron chi connectivity index (χ4n) is 3.27. The second-order valence-corrected chi connectivity index (χ2v) is 8.09. The molecule has 2 aromatic rings. The molecule has 1 aliphatic heterocycles. The first-order chi connectivity index (χ1) is 12.0. The number of nitrogens with one attached hydrogen (secondary N) is 1. The van der Waals surface area contributed by atoms with Crippen LogP contribution in [-0.2, 0) is 27.1 Å². The number of hydrogen-bond donors (Lipinski definition) is 1. The Morgan fingerprint density at radius 1 is 1.28 bits per heavy atom. The standard InChI is InChI=1S/C19H25N3O2S/c1-5-14(6-2)19(23)20-18-15-10-25(24)11-16(15)21-22(18)17-9-7-8-12(3)13(17)4/h7-9,14H,5-6,10-11H2,1-4H3,(H,20,23). The normalized spacial score (nSPS) is 16.3. The highest BCUT2D eigenvalue weighted by atomic mass is 32.2. The lowest BCUT2D eigenvalue weighted by molar-refractivity contribution is -0.120. The van der Waals surface area contributed by atoms with Crippen molar-refractivity contribution in [3.63, 3.8) is 0 Å². The summed E-state index contributed by atoms with van der Waals surface area (Å²) in [5.41, 5.74) is 5.01. The molecule has 6 heteroatoms. The Labute approximate surface area is 151 Å². The van der Waals surface area contributed by atoms with E-state index in [2.05, 4.69) is 30.3 Å². The van der Waals surface area contributed by atoms with Crippen molar-refractivity contribution in [3.05, 3.63) is 40.6 Å². The summed E-state index contributed by atoms with van der Waals surface area (Å²) in [6.45, 7) is 8.17. The number of hydrogen-bond acceptors (Lipinski definition) is 3. The van der Waals surface area contributed by atoms with Gasteiger partial charge >= 0.3 is 0 Å². The van der Waals surface area contributed by atoms with Crippen LogP contribution in [0.4, 0.5) is 5.82 Å². The number of carbonyl (C=O) groups excluding carboxylic acids is 1. The first kappa shape index (κ1) is 17.9. The molecule has 0 fully saturated rings. The van der Waals surface area contributed by atoms with Gasteiger partial charge in [0, 0.05) is 22.3 Å². The van der Waals surface area contributed by atoms with E-state index in [9.17, 15) is 9.00 Å². The molecule has 1 aliphatic rings. The predicted molar refractivity (Wildman–Crippen MR) is 101 cm³/mol. The summed E-state index contributed by atoms with van der Waals surface area (Å²) in [5.74, 6) is 1.59. The molecular weight excluding hydrogens is 334 g/mol. The molecule has 1 aromatic carbocycles. The molecule has 0 aliphatic carbocycles. The minimum Gasteiger partial charge on any atom is -0.310 e. The Bertz CT molecular complexity index is 837. The minimum atomic E-state index is -0.929. The highest BCUT2D eigenvalue weighted by Gasteiger charge is 2.29. The summed E-state index contributed by atoms with van der Waals surface area (Å²) in [4.78, 5) is 12.7. The van der Waals surface area contributed by atoms with Crippen LogP contribution in [0.2, 0.25) is 0 Å². The van der Waals surface area contributed by atoms with Crippen LogP contribution in [0.5, 0.6) is 0 Å². The van der Waals surface area contributed by atoms with Gasteiger partial charge in [0.1, 0.15) is 5.82 Å². The smallest absolute Gasteiger partial charge is 0.228 e. The van der Waals surface area contributed by atoms with E-state index >= 15 is 0 Å². The van der Waals surface area contributed by atoms with Crippen molar-refractivity contribution in [1.29, 1.82) is 0 Å². The van der Waals surface area contributed by atoms with E-state index in [1.54, 1.807) is 0 Å². The van der Waals surface area contributed by atoms with Gasteiger partial charge in [-0.25, -0.2) is 4.68 Å². The summed E-state index contributed by atoms with van der Waals surface area (Å²) in [7, 11) is -0.929. The van der Waals surface area contributed by atoms with Crippen LogP contribution < -0.4 is 5.32 Å². The number of amides is 1. The molecular formula is C19H25N3O2S. The number of nitrogens with zero attached hydrogens (tertiary/aromatic N) is 2. The Morgan fingerprint density at radius 2 is 2.00 bits per heavy atom. The average Bonchev–Trinajstić information content (AvgIpc) is 3.09. The molecule has 134 valence electrons. The number of aryl methyl sites for hydroxylation is 1. The number of carbonyl (C=O) groups is 1. The number of anilines is 1. The van der Waals surface area contributed by atoms with E-state index < -0.39 is 10.8 Å². The van der Waals surface area contributed by atoms with Crippen molar-refractivity contribution < 1.29 is 9.00 Å². The molecule has 0 radical (unpaired) electrons. The van der Waals surface area contributed by atoms with E-state index in [0.29, 0.717) is 17.3 Å². The average molecular weight is 359 g/mol. The van der Waals surface area contributed by atoms with Crippen molar-refractivity contribution >= 4 is 22.5 Å². The van der Waals surface area contributed by atoms with Crippen molar-refractivity contribution in [3.8, 4) is 5.69 Å². The number of benzene rings is 1. The summed E-state index contributed by atoms with van der Waals surface area (Å²) in [5, 5.41) is 7.77. The molecule has 1 aromatic heterocycles. The zero-order valence-corrected chi connectivity index (χ0v) is 16.1.